The molecule has 1 N–H and O–H groups in total. The van der Waals surface area contributed by atoms with E-state index in [2.05, 4.69) is 20.8 Å². The van der Waals surface area contributed by atoms with Crippen LogP contribution >= 0.6 is 0 Å². The Labute approximate surface area is 205 Å². The third kappa shape index (κ3) is 4.36. The Balaban J connectivity index is 1.96. The quantitative estimate of drug-likeness (QED) is 0.276. The van der Waals surface area contributed by atoms with Gasteiger partial charge in [0, 0.05) is 5.69 Å². The number of hydrogen-bond donors (Lipinski definition) is 1. The monoisotopic (exact) mass is 473 g/mol. The number of aliphatic hydroxyl groups excluding tert-OH is 1. The van der Waals surface area contributed by atoms with E-state index in [1.54, 1.807) is 25.1 Å². The van der Waals surface area contributed by atoms with E-state index in [-0.39, 0.29) is 16.7 Å². The number of hydrogen-bond acceptors (Lipinski definition) is 5. The predicted molar refractivity (Wildman–Crippen MR) is 136 cm³/mol. The van der Waals surface area contributed by atoms with Gasteiger partial charge in [-0.15, -0.1) is 0 Å². The largest absolute Gasteiger partial charge is 0.507 e. The fraction of sp³-hybridized carbons (Fsp3) is 0.310. The van der Waals surface area contributed by atoms with Crippen LogP contribution in [0.3, 0.4) is 0 Å². The molecule has 182 valence electrons. The summed E-state index contributed by atoms with van der Waals surface area (Å²) in [6.45, 7) is 10.0. The maximum absolute atomic E-state index is 13.4. The number of methoxy groups -OCH3 is 1. The number of rotatable bonds is 5. The molecule has 6 nitrogen and oxygen atoms in total. The molecule has 0 saturated carbocycles. The van der Waals surface area contributed by atoms with E-state index in [4.69, 9.17) is 9.15 Å². The lowest BCUT2D eigenvalue weighted by Crippen LogP contribution is -2.29. The first kappa shape index (κ1) is 24.3. The van der Waals surface area contributed by atoms with E-state index >= 15 is 0 Å². The molecule has 0 radical (unpaired) electrons. The summed E-state index contributed by atoms with van der Waals surface area (Å²) in [4.78, 5) is 28.1. The average molecular weight is 474 g/mol. The van der Waals surface area contributed by atoms with Gasteiger partial charge in [0.05, 0.1) is 18.2 Å². The Morgan fingerprint density at radius 1 is 1.06 bits per heavy atom. The zero-order valence-electron chi connectivity index (χ0n) is 21.0. The topological polar surface area (TPSA) is 80.0 Å². The van der Waals surface area contributed by atoms with Crippen LogP contribution in [0.1, 0.15) is 61.9 Å². The van der Waals surface area contributed by atoms with E-state index < -0.39 is 17.7 Å². The molecule has 0 aliphatic carbocycles. The molecule has 1 aromatic heterocycles. The molecule has 35 heavy (non-hydrogen) atoms. The first-order valence-corrected chi connectivity index (χ1v) is 11.7. The third-order valence-corrected chi connectivity index (χ3v) is 6.42. The summed E-state index contributed by atoms with van der Waals surface area (Å²) in [5.41, 5.74) is 2.74. The van der Waals surface area contributed by atoms with Gasteiger partial charge in [-0.1, -0.05) is 45.9 Å². The highest BCUT2D eigenvalue weighted by Gasteiger charge is 2.48. The molecule has 1 amide bonds. The van der Waals surface area contributed by atoms with Crippen molar-refractivity contribution >= 4 is 23.1 Å². The number of carbonyl (C=O) groups is 2. The Hall–Kier alpha value is -3.80. The maximum atomic E-state index is 13.4. The minimum atomic E-state index is -0.917. The lowest BCUT2D eigenvalue weighted by atomic mass is 9.85. The van der Waals surface area contributed by atoms with Crippen molar-refractivity contribution in [2.45, 2.75) is 52.5 Å². The molecule has 4 rings (SSSR count). The van der Waals surface area contributed by atoms with Crippen molar-refractivity contribution in [3.05, 3.63) is 88.4 Å². The molecule has 6 heteroatoms. The highest BCUT2D eigenvalue weighted by molar-refractivity contribution is 6.51. The average Bonchev–Trinajstić information content (AvgIpc) is 3.38. The molecule has 3 aromatic rings. The molecular weight excluding hydrogens is 442 g/mol. The van der Waals surface area contributed by atoms with E-state index in [0.29, 0.717) is 28.5 Å². The summed E-state index contributed by atoms with van der Waals surface area (Å²) in [7, 11) is 1.50. The van der Waals surface area contributed by atoms with Crippen molar-refractivity contribution in [1.82, 2.24) is 0 Å². The second-order valence-electron chi connectivity index (χ2n) is 9.80. The van der Waals surface area contributed by atoms with E-state index in [9.17, 15) is 14.7 Å². The predicted octanol–water partition coefficient (Wildman–Crippen LogP) is 6.08. The van der Waals surface area contributed by atoms with E-state index in [0.717, 1.165) is 17.5 Å². The fourth-order valence-corrected chi connectivity index (χ4v) is 4.37. The normalized spacial score (nSPS) is 17.8. The van der Waals surface area contributed by atoms with Crippen LogP contribution in [0.25, 0.3) is 5.76 Å². The number of nitrogens with zero attached hydrogens (tertiary/aromatic N) is 1. The molecule has 1 aliphatic rings. The van der Waals surface area contributed by atoms with Crippen LogP contribution in [0, 0.1) is 6.92 Å². The third-order valence-electron chi connectivity index (χ3n) is 6.42. The van der Waals surface area contributed by atoms with Crippen LogP contribution in [0.15, 0.2) is 64.6 Å². The highest BCUT2D eigenvalue weighted by atomic mass is 16.5. The van der Waals surface area contributed by atoms with Crippen molar-refractivity contribution in [3.63, 3.8) is 0 Å². The Bertz CT molecular complexity index is 1310. The number of ether oxygens (including phenoxy) is 1. The molecule has 1 unspecified atom stereocenters. The van der Waals surface area contributed by atoms with Crippen molar-refractivity contribution in [2.24, 2.45) is 0 Å². The van der Waals surface area contributed by atoms with E-state index in [1.165, 1.54) is 12.0 Å². The maximum Gasteiger partial charge on any atom is 0.300 e. The van der Waals surface area contributed by atoms with Crippen LogP contribution in [-0.2, 0) is 21.4 Å². The van der Waals surface area contributed by atoms with Gasteiger partial charge in [-0.2, -0.15) is 0 Å². The minimum absolute atomic E-state index is 0.0340. The molecule has 1 aliphatic heterocycles. The zero-order valence-corrected chi connectivity index (χ0v) is 21.0. The van der Waals surface area contributed by atoms with Gasteiger partial charge < -0.3 is 14.3 Å². The summed E-state index contributed by atoms with van der Waals surface area (Å²) < 4.78 is 11.4. The number of carbonyl (C=O) groups excluding carboxylic acids is 2. The first-order chi connectivity index (χ1) is 16.6. The van der Waals surface area contributed by atoms with Gasteiger partial charge in [0.25, 0.3) is 11.7 Å². The van der Waals surface area contributed by atoms with Gasteiger partial charge in [0.15, 0.2) is 0 Å². The summed E-state index contributed by atoms with van der Waals surface area (Å²) in [5, 5.41) is 11.6. The number of amides is 1. The molecular formula is C29H31NO5. The molecule has 1 atom stereocenters. The van der Waals surface area contributed by atoms with Gasteiger partial charge in [-0.25, -0.2) is 0 Å². The van der Waals surface area contributed by atoms with E-state index in [1.807, 2.05) is 43.3 Å². The summed E-state index contributed by atoms with van der Waals surface area (Å²) in [5.74, 6) is -0.348. The van der Waals surface area contributed by atoms with Gasteiger partial charge in [-0.05, 0) is 66.3 Å². The number of Topliss-reactive ketones (excluding diaryl/α,β-unsaturated/α-hetero) is 1. The van der Waals surface area contributed by atoms with Crippen molar-refractivity contribution in [1.29, 1.82) is 0 Å². The van der Waals surface area contributed by atoms with Crippen molar-refractivity contribution in [2.75, 3.05) is 12.0 Å². The molecule has 0 spiro atoms. The molecule has 1 fully saturated rings. The summed E-state index contributed by atoms with van der Waals surface area (Å²) in [6, 6.07) is 15.6. The van der Waals surface area contributed by atoms with Crippen molar-refractivity contribution in [3.8, 4) is 5.75 Å². The van der Waals surface area contributed by atoms with Gasteiger partial charge >= 0.3 is 0 Å². The highest BCUT2D eigenvalue weighted by Crippen LogP contribution is 2.44. The Kier molecular flexibility index (Phi) is 6.32. The summed E-state index contributed by atoms with van der Waals surface area (Å²) >= 11 is 0. The molecule has 1 saturated heterocycles. The fourth-order valence-electron chi connectivity index (χ4n) is 4.37. The second kappa shape index (κ2) is 9.10. The summed E-state index contributed by atoms with van der Waals surface area (Å²) in [6.07, 6.45) is 0.851. The van der Waals surface area contributed by atoms with Crippen molar-refractivity contribution < 1.29 is 23.8 Å². The van der Waals surface area contributed by atoms with Gasteiger partial charge in [-0.3, -0.25) is 14.5 Å². The number of aryl methyl sites for hydroxylation is 2. The van der Waals surface area contributed by atoms with Crippen LogP contribution in [-0.4, -0.2) is 23.9 Å². The Morgan fingerprint density at radius 2 is 1.74 bits per heavy atom. The van der Waals surface area contributed by atoms with Crippen LogP contribution in [0.4, 0.5) is 5.69 Å². The zero-order chi connectivity index (χ0) is 25.5. The Morgan fingerprint density at radius 3 is 2.29 bits per heavy atom. The number of anilines is 1. The van der Waals surface area contributed by atoms with Crippen LogP contribution in [0.2, 0.25) is 0 Å². The lowest BCUT2D eigenvalue weighted by molar-refractivity contribution is -0.132. The van der Waals surface area contributed by atoms with Crippen LogP contribution < -0.4 is 9.64 Å². The SMILES string of the molecule is CCc1ccc(N2C(=O)C(=O)/C(=C(/O)c3cc(C(C)(C)C)ccc3OC)C2c2ccc(C)o2)cc1. The van der Waals surface area contributed by atoms with Gasteiger partial charge in [0.2, 0.25) is 0 Å². The lowest BCUT2D eigenvalue weighted by Gasteiger charge is -2.24. The number of benzene rings is 2. The molecule has 2 heterocycles. The standard InChI is InChI=1S/C29H31NO5/c1-7-18-9-12-20(13-10-18)30-25(23-14-8-17(2)35-23)24(27(32)28(30)33)26(31)21-16-19(29(3,4)5)11-15-22(21)34-6/h8-16,25,31H,7H2,1-6H3/b26-24+. The van der Waals surface area contributed by atoms with Gasteiger partial charge in [0.1, 0.15) is 29.1 Å². The number of aliphatic hydroxyl groups is 1. The number of ketones is 1. The first-order valence-electron chi connectivity index (χ1n) is 11.7. The molecule has 2 aromatic carbocycles. The number of furan rings is 1. The second-order valence-corrected chi connectivity index (χ2v) is 9.80. The molecule has 0 bridgehead atoms. The smallest absolute Gasteiger partial charge is 0.300 e. The minimum Gasteiger partial charge on any atom is -0.507 e. The van der Waals surface area contributed by atoms with Crippen LogP contribution in [0.5, 0.6) is 5.75 Å².